The summed E-state index contributed by atoms with van der Waals surface area (Å²) in [6, 6.07) is 0. The molecule has 0 aliphatic rings. The molecule has 0 amide bonds. The number of hydrogen-bond donors (Lipinski definition) is 8. The molecule has 0 aliphatic heterocycles. The Bertz CT molecular complexity index is 305. The lowest BCUT2D eigenvalue weighted by Crippen LogP contribution is -2.39. The van der Waals surface area contributed by atoms with Crippen molar-refractivity contribution in [3.63, 3.8) is 0 Å². The van der Waals surface area contributed by atoms with E-state index in [1.807, 2.05) is 0 Å². The molecule has 0 aromatic heterocycles. The van der Waals surface area contributed by atoms with Crippen molar-refractivity contribution in [1.29, 1.82) is 0 Å². The molecular formula is C8H16O14. The molecule has 4 atom stereocenters. The van der Waals surface area contributed by atoms with Crippen molar-refractivity contribution < 1.29 is 71.0 Å². The van der Waals surface area contributed by atoms with Crippen LogP contribution in [0.4, 0.5) is 0 Å². The van der Waals surface area contributed by atoms with Gasteiger partial charge in [0, 0.05) is 0 Å². The van der Waals surface area contributed by atoms with Crippen molar-refractivity contribution in [3.8, 4) is 0 Å². The number of carbonyl (C=O) groups is 4. The van der Waals surface area contributed by atoms with Crippen LogP contribution in [0.1, 0.15) is 0 Å². The second-order valence-corrected chi connectivity index (χ2v) is 3.13. The maximum atomic E-state index is 9.77. The number of aliphatic hydroxyl groups is 4. The van der Waals surface area contributed by atoms with Crippen LogP contribution in [0.25, 0.3) is 0 Å². The zero-order valence-electron chi connectivity index (χ0n) is 10.5. The van der Waals surface area contributed by atoms with Gasteiger partial charge in [-0.25, -0.2) is 19.2 Å². The highest BCUT2D eigenvalue weighted by Crippen LogP contribution is 1.93. The topological polar surface area (TPSA) is 293 Å². The van der Waals surface area contributed by atoms with Crippen molar-refractivity contribution in [2.45, 2.75) is 24.4 Å². The highest BCUT2D eigenvalue weighted by Gasteiger charge is 2.30. The minimum absolute atomic E-state index is 0. The molecule has 22 heavy (non-hydrogen) atoms. The molecule has 132 valence electrons. The van der Waals surface area contributed by atoms with Gasteiger partial charge in [0.25, 0.3) is 0 Å². The van der Waals surface area contributed by atoms with Gasteiger partial charge in [0.05, 0.1) is 0 Å². The summed E-state index contributed by atoms with van der Waals surface area (Å²) in [5.41, 5.74) is 0. The number of aliphatic carboxylic acids is 4. The van der Waals surface area contributed by atoms with Gasteiger partial charge in [-0.15, -0.1) is 0 Å². The van der Waals surface area contributed by atoms with E-state index in [9.17, 15) is 19.2 Å². The normalized spacial score (nSPS) is 14.4. The van der Waals surface area contributed by atoms with E-state index in [4.69, 9.17) is 40.9 Å². The zero-order chi connectivity index (χ0) is 16.6. The third kappa shape index (κ3) is 10.4. The van der Waals surface area contributed by atoms with Gasteiger partial charge in [-0.05, 0) is 0 Å². The van der Waals surface area contributed by atoms with Gasteiger partial charge in [0.1, 0.15) is 0 Å². The van der Waals surface area contributed by atoms with Gasteiger partial charge < -0.3 is 51.8 Å². The van der Waals surface area contributed by atoms with Crippen LogP contribution in [0.5, 0.6) is 0 Å². The third-order valence-electron chi connectivity index (χ3n) is 1.61. The first-order valence-corrected chi connectivity index (χ1v) is 4.57. The maximum Gasteiger partial charge on any atom is 0.335 e. The Labute approximate surface area is 120 Å². The maximum absolute atomic E-state index is 9.77. The van der Waals surface area contributed by atoms with Crippen molar-refractivity contribution >= 4 is 23.9 Å². The fourth-order valence-electron chi connectivity index (χ4n) is 0.540. The average molecular weight is 336 g/mol. The van der Waals surface area contributed by atoms with Crippen LogP contribution in [0.15, 0.2) is 0 Å². The fourth-order valence-corrected chi connectivity index (χ4v) is 0.540. The minimum Gasteiger partial charge on any atom is -0.479 e. The van der Waals surface area contributed by atoms with E-state index in [1.54, 1.807) is 0 Å². The molecular weight excluding hydrogens is 320 g/mol. The van der Waals surface area contributed by atoms with E-state index in [0.29, 0.717) is 0 Å². The fraction of sp³-hybridized carbons (Fsp3) is 0.500. The molecule has 0 aromatic rings. The average Bonchev–Trinajstić information content (AvgIpc) is 2.35. The molecule has 0 saturated carbocycles. The Kier molecular flexibility index (Phi) is 15.7. The Morgan fingerprint density at radius 1 is 0.455 bits per heavy atom. The first-order valence-electron chi connectivity index (χ1n) is 4.57. The number of aliphatic hydroxyl groups excluding tert-OH is 4. The summed E-state index contributed by atoms with van der Waals surface area (Å²) >= 11 is 0. The Morgan fingerprint density at radius 2 is 0.545 bits per heavy atom. The van der Waals surface area contributed by atoms with Gasteiger partial charge in [-0.3, -0.25) is 0 Å². The van der Waals surface area contributed by atoms with Crippen LogP contribution in [0.2, 0.25) is 0 Å². The van der Waals surface area contributed by atoms with Gasteiger partial charge in [-0.1, -0.05) is 0 Å². The molecule has 0 spiro atoms. The number of rotatable bonds is 6. The van der Waals surface area contributed by atoms with Gasteiger partial charge in [0.15, 0.2) is 24.4 Å². The third-order valence-corrected chi connectivity index (χ3v) is 1.61. The SMILES string of the molecule is O.O.O=C(O)[C@H](O)[C@@H](O)C(=O)O.O=C(O)[C@H](O)[C@@H](O)C(=O)O. The molecule has 0 radical (unpaired) electrons. The lowest BCUT2D eigenvalue weighted by molar-refractivity contribution is -0.165. The molecule has 0 heterocycles. The zero-order valence-corrected chi connectivity index (χ0v) is 10.5. The minimum atomic E-state index is -2.27. The molecule has 0 unspecified atom stereocenters. The largest absolute Gasteiger partial charge is 0.479 e. The Morgan fingerprint density at radius 3 is 0.591 bits per heavy atom. The highest BCUT2D eigenvalue weighted by molar-refractivity contribution is 5.83. The van der Waals surface area contributed by atoms with E-state index in [0.717, 1.165) is 0 Å². The van der Waals surface area contributed by atoms with Crippen molar-refractivity contribution in [2.75, 3.05) is 0 Å². The van der Waals surface area contributed by atoms with Crippen LogP contribution >= 0.6 is 0 Å². The van der Waals surface area contributed by atoms with Crippen molar-refractivity contribution in [3.05, 3.63) is 0 Å². The predicted octanol–water partition coefficient (Wildman–Crippen LogP) is -5.89. The number of hydrogen-bond acceptors (Lipinski definition) is 8. The Balaban J connectivity index is -0.000000135. The summed E-state index contributed by atoms with van der Waals surface area (Å²) in [4.78, 5) is 39.1. The lowest BCUT2D eigenvalue weighted by Gasteiger charge is -2.07. The second-order valence-electron chi connectivity index (χ2n) is 3.13. The van der Waals surface area contributed by atoms with Gasteiger partial charge >= 0.3 is 23.9 Å². The van der Waals surface area contributed by atoms with E-state index in [2.05, 4.69) is 0 Å². The summed E-state index contributed by atoms with van der Waals surface area (Å²) < 4.78 is 0. The van der Waals surface area contributed by atoms with E-state index in [-0.39, 0.29) is 11.0 Å². The standard InChI is InChI=1S/2C4H6O6.2H2O/c2*5-1(3(7)8)2(6)4(9)10;;/h2*1-2,5-6H,(H,7,8)(H,9,10);2*1H2/t2*1-,2-;;/m11../s1. The summed E-state index contributed by atoms with van der Waals surface area (Å²) in [5, 5.41) is 65.1. The molecule has 14 nitrogen and oxygen atoms in total. The van der Waals surface area contributed by atoms with E-state index in [1.165, 1.54) is 0 Å². The Hall–Kier alpha value is -2.36. The van der Waals surface area contributed by atoms with Crippen LogP contribution in [0, 0.1) is 0 Å². The summed E-state index contributed by atoms with van der Waals surface area (Å²) in [6.07, 6.45) is -9.06. The van der Waals surface area contributed by atoms with Crippen LogP contribution in [-0.4, -0.2) is 100 Å². The monoisotopic (exact) mass is 336 g/mol. The summed E-state index contributed by atoms with van der Waals surface area (Å²) in [6.45, 7) is 0. The van der Waals surface area contributed by atoms with Crippen molar-refractivity contribution in [2.24, 2.45) is 0 Å². The van der Waals surface area contributed by atoms with Crippen molar-refractivity contribution in [1.82, 2.24) is 0 Å². The predicted molar refractivity (Wildman–Crippen MR) is 61.8 cm³/mol. The smallest absolute Gasteiger partial charge is 0.335 e. The first kappa shape index (κ1) is 27.9. The highest BCUT2D eigenvalue weighted by atomic mass is 16.4. The van der Waals surface area contributed by atoms with E-state index < -0.39 is 48.3 Å². The molecule has 14 heteroatoms. The molecule has 0 aliphatic carbocycles. The molecule has 0 rings (SSSR count). The molecule has 0 fully saturated rings. The number of carboxylic acids is 4. The van der Waals surface area contributed by atoms with Gasteiger partial charge in [0.2, 0.25) is 0 Å². The van der Waals surface area contributed by atoms with Crippen LogP contribution in [0.3, 0.4) is 0 Å². The first-order chi connectivity index (χ1) is 8.93. The van der Waals surface area contributed by atoms with E-state index >= 15 is 0 Å². The van der Waals surface area contributed by atoms with Crippen LogP contribution < -0.4 is 0 Å². The number of carboxylic acid groups (broad SMARTS) is 4. The molecule has 0 bridgehead atoms. The van der Waals surface area contributed by atoms with Gasteiger partial charge in [-0.2, -0.15) is 0 Å². The molecule has 0 aromatic carbocycles. The quantitative estimate of drug-likeness (QED) is 0.225. The molecule has 0 saturated heterocycles. The summed E-state index contributed by atoms with van der Waals surface area (Å²) in [5.74, 6) is -7.07. The molecule has 12 N–H and O–H groups in total. The summed E-state index contributed by atoms with van der Waals surface area (Å²) in [7, 11) is 0. The lowest BCUT2D eigenvalue weighted by atomic mass is 10.2. The second kappa shape index (κ2) is 12.4. The van der Waals surface area contributed by atoms with Crippen LogP contribution in [-0.2, 0) is 19.2 Å².